The molecule has 1 aromatic rings. The van der Waals surface area contributed by atoms with Crippen LogP contribution in [0.25, 0.3) is 6.08 Å². The number of allylic oxidation sites excluding steroid dienone is 1. The summed E-state index contributed by atoms with van der Waals surface area (Å²) in [7, 11) is -9.55. The third-order valence-corrected chi connectivity index (χ3v) is 3.82. The molecule has 1 rings (SSSR count). The molecule has 0 amide bonds. The largest absolute Gasteiger partial charge is 0.505 e. The van der Waals surface area contributed by atoms with E-state index < -0.39 is 41.8 Å². The third-order valence-electron chi connectivity index (χ3n) is 2.09. The van der Waals surface area contributed by atoms with Gasteiger partial charge < -0.3 is 5.11 Å². The smallest absolute Gasteiger partial charge is 0.357 e. The van der Waals surface area contributed by atoms with Crippen LogP contribution in [-0.4, -0.2) is 31.0 Å². The molecule has 11 heteroatoms. The lowest BCUT2D eigenvalue weighted by atomic mass is 10.1. The Morgan fingerprint density at radius 1 is 1.25 bits per heavy atom. The Labute approximate surface area is 120 Å². The van der Waals surface area contributed by atoms with Crippen LogP contribution in [0.15, 0.2) is 17.0 Å². The average molecular weight is 344 g/mol. The van der Waals surface area contributed by atoms with E-state index in [2.05, 4.69) is 0 Å². The highest BCUT2D eigenvalue weighted by Crippen LogP contribution is 2.39. The van der Waals surface area contributed by atoms with E-state index in [1.165, 1.54) is 12.2 Å². The Hall–Kier alpha value is -1.33. The van der Waals surface area contributed by atoms with Crippen LogP contribution < -0.4 is 4.72 Å². The summed E-state index contributed by atoms with van der Waals surface area (Å²) >= 11 is 5.72. The number of aromatic hydroxyl groups is 1. The van der Waals surface area contributed by atoms with Gasteiger partial charge in [-0.15, -0.1) is 0 Å². The van der Waals surface area contributed by atoms with Gasteiger partial charge in [-0.1, -0.05) is 23.8 Å². The highest BCUT2D eigenvalue weighted by Gasteiger charge is 2.24. The Morgan fingerprint density at radius 2 is 1.80 bits per heavy atom. The second-order valence-corrected chi connectivity index (χ2v) is 6.47. The van der Waals surface area contributed by atoms with Crippen molar-refractivity contribution in [3.05, 3.63) is 22.7 Å². The predicted molar refractivity (Wildman–Crippen MR) is 72.8 cm³/mol. The molecule has 0 aliphatic heterocycles. The zero-order valence-corrected chi connectivity index (χ0v) is 12.3. The van der Waals surface area contributed by atoms with Gasteiger partial charge >= 0.3 is 10.3 Å². The fraction of sp³-hybridized carbons (Fsp3) is 0.111. The zero-order chi connectivity index (χ0) is 15.7. The molecule has 0 heterocycles. The Bertz CT molecular complexity index is 768. The summed E-state index contributed by atoms with van der Waals surface area (Å²) in [5.41, 5.74) is -0.516. The van der Waals surface area contributed by atoms with Crippen LogP contribution in [0, 0.1) is 0 Å². The molecule has 1 aromatic carbocycles. The Kier molecular flexibility index (Phi) is 4.66. The summed E-state index contributed by atoms with van der Waals surface area (Å²) < 4.78 is 63.1. The van der Waals surface area contributed by atoms with Crippen molar-refractivity contribution in [2.45, 2.75) is 11.8 Å². The average Bonchev–Trinajstić information content (AvgIpc) is 2.25. The van der Waals surface area contributed by atoms with E-state index in [0.29, 0.717) is 6.07 Å². The van der Waals surface area contributed by atoms with Crippen molar-refractivity contribution in [1.82, 2.24) is 0 Å². The molecule has 0 unspecified atom stereocenters. The SMILES string of the molecule is C/C=C\c1c(NS(=O)(=O)O)cc(S(=O)(=O)O)c(O)c1Cl. The molecule has 0 fully saturated rings. The monoisotopic (exact) mass is 343 g/mol. The van der Waals surface area contributed by atoms with Crippen molar-refractivity contribution in [2.75, 3.05) is 4.72 Å². The van der Waals surface area contributed by atoms with Crippen molar-refractivity contribution in [3.8, 4) is 5.75 Å². The van der Waals surface area contributed by atoms with Gasteiger partial charge in [0.1, 0.15) is 4.90 Å². The molecule has 0 bridgehead atoms. The highest BCUT2D eigenvalue weighted by molar-refractivity contribution is 7.87. The molecule has 112 valence electrons. The van der Waals surface area contributed by atoms with E-state index in [1.54, 1.807) is 11.6 Å². The first-order valence-electron chi connectivity index (χ1n) is 4.88. The number of benzene rings is 1. The van der Waals surface area contributed by atoms with Gasteiger partial charge in [-0.3, -0.25) is 13.8 Å². The van der Waals surface area contributed by atoms with E-state index in [0.717, 1.165) is 0 Å². The molecular formula is C9H10ClNO7S2. The fourth-order valence-electron chi connectivity index (χ4n) is 1.38. The Balaban J connectivity index is 3.75. The Morgan fingerprint density at radius 3 is 2.20 bits per heavy atom. The minimum absolute atomic E-state index is 0.0864. The molecule has 0 aromatic heterocycles. The number of hydrogen-bond donors (Lipinski definition) is 4. The van der Waals surface area contributed by atoms with E-state index in [9.17, 15) is 21.9 Å². The maximum absolute atomic E-state index is 11.1. The number of hydrogen-bond acceptors (Lipinski definition) is 5. The van der Waals surface area contributed by atoms with Crippen molar-refractivity contribution in [2.24, 2.45) is 0 Å². The van der Waals surface area contributed by atoms with Crippen LogP contribution in [0.3, 0.4) is 0 Å². The first-order valence-corrected chi connectivity index (χ1v) is 8.14. The van der Waals surface area contributed by atoms with Crippen LogP contribution in [0.5, 0.6) is 5.75 Å². The van der Waals surface area contributed by atoms with E-state index in [-0.39, 0.29) is 5.56 Å². The standard InChI is InChI=1S/C9H10ClNO7S2/c1-2-3-5-6(11-20(16,17)18)4-7(19(13,14)15)9(12)8(5)10/h2-4,11-12H,1H3,(H,13,14,15)(H,16,17,18)/b3-2-. The van der Waals surface area contributed by atoms with Crippen LogP contribution in [0.2, 0.25) is 5.02 Å². The van der Waals surface area contributed by atoms with Gasteiger partial charge in [-0.2, -0.15) is 16.8 Å². The van der Waals surface area contributed by atoms with Crippen LogP contribution in [-0.2, 0) is 20.4 Å². The lowest BCUT2D eigenvalue weighted by molar-refractivity contribution is 0.443. The second kappa shape index (κ2) is 5.58. The highest BCUT2D eigenvalue weighted by atomic mass is 35.5. The van der Waals surface area contributed by atoms with Crippen molar-refractivity contribution in [3.63, 3.8) is 0 Å². The normalized spacial score (nSPS) is 12.8. The molecule has 8 nitrogen and oxygen atoms in total. The lowest BCUT2D eigenvalue weighted by Crippen LogP contribution is -2.12. The van der Waals surface area contributed by atoms with Gasteiger partial charge in [-0.05, 0) is 13.0 Å². The summed E-state index contributed by atoms with van der Waals surface area (Å²) in [6.07, 6.45) is 2.70. The first-order chi connectivity index (χ1) is 8.97. The maximum Gasteiger partial charge on any atom is 0.357 e. The van der Waals surface area contributed by atoms with Crippen molar-refractivity contribution < 1.29 is 31.0 Å². The summed E-state index contributed by atoms with van der Waals surface area (Å²) in [4.78, 5) is -0.998. The lowest BCUT2D eigenvalue weighted by Gasteiger charge is -2.12. The molecule has 0 radical (unpaired) electrons. The molecule has 0 spiro atoms. The summed E-state index contributed by atoms with van der Waals surface area (Å²) in [6.45, 7) is 1.56. The number of rotatable bonds is 4. The molecule has 0 atom stereocenters. The molecule has 0 aliphatic rings. The summed E-state index contributed by atoms with van der Waals surface area (Å²) in [6, 6.07) is 0.625. The topological polar surface area (TPSA) is 141 Å². The van der Waals surface area contributed by atoms with Crippen molar-refractivity contribution in [1.29, 1.82) is 0 Å². The van der Waals surface area contributed by atoms with Crippen LogP contribution in [0.4, 0.5) is 5.69 Å². The minimum atomic E-state index is -4.84. The molecule has 0 saturated carbocycles. The minimum Gasteiger partial charge on any atom is -0.505 e. The van der Waals surface area contributed by atoms with Gasteiger partial charge in [0, 0.05) is 5.56 Å². The summed E-state index contributed by atoms with van der Waals surface area (Å²) in [5, 5.41) is 9.11. The van der Waals surface area contributed by atoms with E-state index in [1.807, 2.05) is 0 Å². The number of anilines is 1. The fourth-order valence-corrected chi connectivity index (χ4v) is 2.76. The van der Waals surface area contributed by atoms with E-state index >= 15 is 0 Å². The molecular weight excluding hydrogens is 334 g/mol. The van der Waals surface area contributed by atoms with Crippen molar-refractivity contribution >= 4 is 43.8 Å². The molecule has 0 saturated heterocycles. The molecule has 0 aliphatic carbocycles. The zero-order valence-electron chi connectivity index (χ0n) is 9.90. The van der Waals surface area contributed by atoms with Gasteiger partial charge in [0.25, 0.3) is 10.1 Å². The van der Waals surface area contributed by atoms with E-state index in [4.69, 9.17) is 20.7 Å². The maximum atomic E-state index is 11.1. The number of nitrogens with one attached hydrogen (secondary N) is 1. The summed E-state index contributed by atoms with van der Waals surface area (Å²) in [5.74, 6) is -0.942. The van der Waals surface area contributed by atoms with Gasteiger partial charge in [0.05, 0.1) is 10.7 Å². The van der Waals surface area contributed by atoms with Gasteiger partial charge in [-0.25, -0.2) is 0 Å². The molecule has 20 heavy (non-hydrogen) atoms. The number of phenolic OH excluding ortho intramolecular Hbond substituents is 1. The third kappa shape index (κ3) is 3.84. The second-order valence-electron chi connectivity index (χ2n) is 3.55. The first kappa shape index (κ1) is 16.7. The number of halogens is 1. The number of phenols is 1. The predicted octanol–water partition coefficient (Wildman–Crippen LogP) is 1.54. The van der Waals surface area contributed by atoms with Crippen LogP contribution in [0.1, 0.15) is 12.5 Å². The van der Waals surface area contributed by atoms with Crippen LogP contribution >= 0.6 is 11.6 Å². The van der Waals surface area contributed by atoms with Gasteiger partial charge in [0.15, 0.2) is 5.75 Å². The quantitative estimate of drug-likeness (QED) is 0.480. The van der Waals surface area contributed by atoms with Gasteiger partial charge in [0.2, 0.25) is 0 Å². The molecule has 4 N–H and O–H groups in total.